The Kier molecular flexibility index (Phi) is 4.80. The first kappa shape index (κ1) is 16.4. The van der Waals surface area contributed by atoms with Crippen molar-refractivity contribution in [1.29, 1.82) is 0 Å². The lowest BCUT2D eigenvalue weighted by molar-refractivity contribution is -0.137. The van der Waals surface area contributed by atoms with Crippen LogP contribution < -0.4 is 5.32 Å². The summed E-state index contributed by atoms with van der Waals surface area (Å²) in [6.45, 7) is 6.26. The van der Waals surface area contributed by atoms with Crippen LogP contribution in [0.15, 0.2) is 24.3 Å². The molecule has 1 heterocycles. The van der Waals surface area contributed by atoms with Crippen molar-refractivity contribution in [1.82, 2.24) is 25.5 Å². The van der Waals surface area contributed by atoms with Gasteiger partial charge in [0, 0.05) is 6.04 Å². The minimum absolute atomic E-state index is 0.111. The molecule has 1 aromatic carbocycles. The Morgan fingerprint density at radius 2 is 1.77 bits per heavy atom. The van der Waals surface area contributed by atoms with Crippen molar-refractivity contribution in [2.24, 2.45) is 0 Å². The van der Waals surface area contributed by atoms with Gasteiger partial charge in [-0.3, -0.25) is 0 Å². The van der Waals surface area contributed by atoms with E-state index in [-0.39, 0.29) is 12.1 Å². The molecule has 1 unspecified atom stereocenters. The maximum Gasteiger partial charge on any atom is 0.416 e. The Hall–Kier alpha value is -1.96. The molecule has 2 aromatic rings. The van der Waals surface area contributed by atoms with Crippen molar-refractivity contribution >= 4 is 0 Å². The van der Waals surface area contributed by atoms with Crippen molar-refractivity contribution < 1.29 is 13.2 Å². The second kappa shape index (κ2) is 6.43. The van der Waals surface area contributed by atoms with E-state index < -0.39 is 11.7 Å². The molecule has 1 atom stereocenters. The van der Waals surface area contributed by atoms with Gasteiger partial charge in [-0.15, -0.1) is 5.10 Å². The minimum atomic E-state index is -4.31. The molecule has 1 N–H and O–H groups in total. The maximum absolute atomic E-state index is 12.5. The number of aromatic nitrogens is 4. The first-order valence-corrected chi connectivity index (χ1v) is 6.96. The van der Waals surface area contributed by atoms with Gasteiger partial charge in [-0.05, 0) is 48.9 Å². The highest BCUT2D eigenvalue weighted by Gasteiger charge is 2.30. The molecule has 22 heavy (non-hydrogen) atoms. The normalized spacial score (nSPS) is 13.6. The standard InChI is InChI=1S/C14H18F3N5/c1-9(2)22-13(19-20-21-22)8-18-10(3)11-4-6-12(7-5-11)14(15,16)17/h4-7,9-10,18H,8H2,1-3H3. The predicted octanol–water partition coefficient (Wildman–Crippen LogP) is 3.12. The quantitative estimate of drug-likeness (QED) is 0.921. The first-order chi connectivity index (χ1) is 10.3. The van der Waals surface area contributed by atoms with E-state index in [1.807, 2.05) is 20.8 Å². The molecular formula is C14H18F3N5. The Bertz CT molecular complexity index is 604. The molecule has 0 aliphatic rings. The molecular weight excluding hydrogens is 295 g/mol. The number of tetrazole rings is 1. The fraction of sp³-hybridized carbons (Fsp3) is 0.500. The lowest BCUT2D eigenvalue weighted by Gasteiger charge is -2.15. The lowest BCUT2D eigenvalue weighted by atomic mass is 10.1. The monoisotopic (exact) mass is 313 g/mol. The third kappa shape index (κ3) is 3.82. The molecule has 1 aromatic heterocycles. The van der Waals surface area contributed by atoms with Crippen molar-refractivity contribution in [3.05, 3.63) is 41.2 Å². The SMILES string of the molecule is CC(NCc1nnnn1C(C)C)c1ccc(C(F)(F)F)cc1. The van der Waals surface area contributed by atoms with E-state index in [1.165, 1.54) is 12.1 Å². The number of hydrogen-bond acceptors (Lipinski definition) is 4. The highest BCUT2D eigenvalue weighted by Crippen LogP contribution is 2.29. The van der Waals surface area contributed by atoms with Crippen LogP contribution in [-0.4, -0.2) is 20.2 Å². The molecule has 8 heteroatoms. The van der Waals surface area contributed by atoms with Crippen LogP contribution >= 0.6 is 0 Å². The van der Waals surface area contributed by atoms with Crippen molar-refractivity contribution in [3.8, 4) is 0 Å². The van der Waals surface area contributed by atoms with Crippen molar-refractivity contribution in [2.45, 2.75) is 45.6 Å². The van der Waals surface area contributed by atoms with Gasteiger partial charge in [0.25, 0.3) is 0 Å². The smallest absolute Gasteiger partial charge is 0.303 e. The van der Waals surface area contributed by atoms with Gasteiger partial charge in [0.15, 0.2) is 5.82 Å². The van der Waals surface area contributed by atoms with Gasteiger partial charge in [0.05, 0.1) is 18.2 Å². The van der Waals surface area contributed by atoms with E-state index in [4.69, 9.17) is 0 Å². The molecule has 5 nitrogen and oxygen atoms in total. The third-order valence-corrected chi connectivity index (χ3v) is 3.35. The second-order valence-corrected chi connectivity index (χ2v) is 5.36. The fourth-order valence-corrected chi connectivity index (χ4v) is 2.05. The van der Waals surface area contributed by atoms with Gasteiger partial charge in [-0.1, -0.05) is 12.1 Å². The number of nitrogens with zero attached hydrogens (tertiary/aromatic N) is 4. The van der Waals surface area contributed by atoms with Crippen LogP contribution in [0.5, 0.6) is 0 Å². The number of hydrogen-bond donors (Lipinski definition) is 1. The van der Waals surface area contributed by atoms with E-state index in [0.29, 0.717) is 12.4 Å². The molecule has 0 aliphatic heterocycles. The molecule has 0 spiro atoms. The van der Waals surface area contributed by atoms with Crippen molar-refractivity contribution in [3.63, 3.8) is 0 Å². The average molecular weight is 313 g/mol. The summed E-state index contributed by atoms with van der Waals surface area (Å²) in [5.41, 5.74) is 0.128. The largest absolute Gasteiger partial charge is 0.416 e. The molecule has 0 fully saturated rings. The van der Waals surface area contributed by atoms with Gasteiger partial charge in [0.2, 0.25) is 0 Å². The zero-order valence-corrected chi connectivity index (χ0v) is 12.6. The van der Waals surface area contributed by atoms with Crippen LogP contribution in [0.25, 0.3) is 0 Å². The van der Waals surface area contributed by atoms with Crippen LogP contribution in [0.2, 0.25) is 0 Å². The molecule has 0 radical (unpaired) electrons. The lowest BCUT2D eigenvalue weighted by Crippen LogP contribution is -2.21. The number of halogens is 3. The van der Waals surface area contributed by atoms with Crippen LogP contribution in [-0.2, 0) is 12.7 Å². The molecule has 120 valence electrons. The zero-order chi connectivity index (χ0) is 16.3. The van der Waals surface area contributed by atoms with E-state index in [1.54, 1.807) is 4.68 Å². The Morgan fingerprint density at radius 1 is 1.14 bits per heavy atom. The molecule has 2 rings (SSSR count). The number of nitrogens with one attached hydrogen (secondary N) is 1. The Morgan fingerprint density at radius 3 is 2.32 bits per heavy atom. The highest BCUT2D eigenvalue weighted by molar-refractivity contribution is 5.26. The van der Waals surface area contributed by atoms with Crippen LogP contribution in [0, 0.1) is 0 Å². The van der Waals surface area contributed by atoms with Gasteiger partial charge in [-0.2, -0.15) is 13.2 Å². The summed E-state index contributed by atoms with van der Waals surface area (Å²) < 4.78 is 39.3. The molecule has 0 saturated heterocycles. The summed E-state index contributed by atoms with van der Waals surface area (Å²) in [6.07, 6.45) is -4.31. The summed E-state index contributed by atoms with van der Waals surface area (Å²) in [5, 5.41) is 14.7. The number of rotatable bonds is 5. The maximum atomic E-state index is 12.5. The number of alkyl halides is 3. The first-order valence-electron chi connectivity index (χ1n) is 6.96. The topological polar surface area (TPSA) is 55.6 Å². The Labute approximate surface area is 126 Å². The summed E-state index contributed by atoms with van der Waals surface area (Å²) in [7, 11) is 0. The third-order valence-electron chi connectivity index (χ3n) is 3.35. The van der Waals surface area contributed by atoms with Crippen LogP contribution in [0.3, 0.4) is 0 Å². The van der Waals surface area contributed by atoms with Crippen molar-refractivity contribution in [2.75, 3.05) is 0 Å². The molecule has 0 saturated carbocycles. The summed E-state index contributed by atoms with van der Waals surface area (Å²) in [5.74, 6) is 0.689. The molecule has 0 bridgehead atoms. The zero-order valence-electron chi connectivity index (χ0n) is 12.6. The fourth-order valence-electron chi connectivity index (χ4n) is 2.05. The second-order valence-electron chi connectivity index (χ2n) is 5.36. The molecule has 0 aliphatic carbocycles. The van der Waals surface area contributed by atoms with Crippen LogP contribution in [0.4, 0.5) is 13.2 Å². The highest BCUT2D eigenvalue weighted by atomic mass is 19.4. The molecule has 0 amide bonds. The summed E-state index contributed by atoms with van der Waals surface area (Å²) in [6, 6.07) is 5.17. The van der Waals surface area contributed by atoms with E-state index in [2.05, 4.69) is 20.8 Å². The van der Waals surface area contributed by atoms with Gasteiger partial charge >= 0.3 is 6.18 Å². The average Bonchev–Trinajstić information content (AvgIpc) is 2.92. The van der Waals surface area contributed by atoms with Gasteiger partial charge < -0.3 is 5.32 Å². The number of benzene rings is 1. The van der Waals surface area contributed by atoms with E-state index in [9.17, 15) is 13.2 Å². The Balaban J connectivity index is 2.00. The van der Waals surface area contributed by atoms with Crippen LogP contribution in [0.1, 0.15) is 49.8 Å². The van der Waals surface area contributed by atoms with E-state index >= 15 is 0 Å². The summed E-state index contributed by atoms with van der Waals surface area (Å²) >= 11 is 0. The van der Waals surface area contributed by atoms with Gasteiger partial charge in [0.1, 0.15) is 0 Å². The predicted molar refractivity (Wildman–Crippen MR) is 74.9 cm³/mol. The summed E-state index contributed by atoms with van der Waals surface area (Å²) in [4.78, 5) is 0. The minimum Gasteiger partial charge on any atom is -0.303 e. The van der Waals surface area contributed by atoms with Gasteiger partial charge in [-0.25, -0.2) is 4.68 Å². The van der Waals surface area contributed by atoms with E-state index in [0.717, 1.165) is 17.7 Å².